The van der Waals surface area contributed by atoms with Crippen molar-refractivity contribution < 1.29 is 27.9 Å². The molecule has 4 aromatic rings. The fourth-order valence-corrected chi connectivity index (χ4v) is 6.13. The van der Waals surface area contributed by atoms with Gasteiger partial charge in [0.05, 0.1) is 18.7 Å². The maximum atomic E-state index is 13.2. The Morgan fingerprint density at radius 1 is 1.03 bits per heavy atom. The summed E-state index contributed by atoms with van der Waals surface area (Å²) in [5.41, 5.74) is -0.0857. The van der Waals surface area contributed by atoms with Gasteiger partial charge in [-0.2, -0.15) is 8.42 Å². The molecule has 0 fully saturated rings. The maximum absolute atomic E-state index is 13.2. The van der Waals surface area contributed by atoms with E-state index in [1.807, 2.05) is 42.5 Å². The Balaban J connectivity index is 1.77. The number of carboxylic acid groups (broad SMARTS) is 1. The van der Waals surface area contributed by atoms with Gasteiger partial charge >= 0.3 is 12.1 Å². The summed E-state index contributed by atoms with van der Waals surface area (Å²) in [4.78, 5) is 24.2. The zero-order valence-corrected chi connectivity index (χ0v) is 22.7. The molecule has 1 aromatic heterocycles. The highest BCUT2D eigenvalue weighted by Crippen LogP contribution is 2.21. The number of aromatic carboxylic acids is 1. The van der Waals surface area contributed by atoms with Gasteiger partial charge in [0.1, 0.15) is 10.5 Å². The Bertz CT molecular complexity index is 1680. The number of amides is 1. The van der Waals surface area contributed by atoms with E-state index < -0.39 is 32.6 Å². The molecule has 1 heterocycles. The second kappa shape index (κ2) is 10.8. The van der Waals surface area contributed by atoms with Crippen molar-refractivity contribution in [2.24, 2.45) is 4.40 Å². The second-order valence-corrected chi connectivity index (χ2v) is 12.1. The number of nitrogens with one attached hydrogen (secondary N) is 1. The van der Waals surface area contributed by atoms with Crippen molar-refractivity contribution in [3.63, 3.8) is 0 Å². The summed E-state index contributed by atoms with van der Waals surface area (Å²) in [6, 6.07) is 19.1. The number of sulfonamides is 1. The quantitative estimate of drug-likeness (QED) is 0.340. The van der Waals surface area contributed by atoms with Gasteiger partial charge in [-0.15, -0.1) is 4.40 Å². The van der Waals surface area contributed by atoms with Crippen LogP contribution in [0.3, 0.4) is 0 Å². The highest BCUT2D eigenvalue weighted by molar-refractivity contribution is 7.90. The smallest absolute Gasteiger partial charge is 0.407 e. The first kappa shape index (κ1) is 27.1. The summed E-state index contributed by atoms with van der Waals surface area (Å²) in [6.45, 7) is 5.67. The number of ether oxygens (including phenoxy) is 1. The van der Waals surface area contributed by atoms with E-state index in [2.05, 4.69) is 9.71 Å². The van der Waals surface area contributed by atoms with Crippen LogP contribution in [0.1, 0.15) is 41.6 Å². The molecule has 2 N–H and O–H groups in total. The molecule has 1 amide bonds. The minimum absolute atomic E-state index is 0.0936. The first-order valence-corrected chi connectivity index (χ1v) is 13.9. The van der Waals surface area contributed by atoms with Gasteiger partial charge in [-0.05, 0) is 49.2 Å². The highest BCUT2D eigenvalue weighted by Gasteiger charge is 2.22. The fraction of sp³-hybridized carbons (Fsp3) is 0.222. The average Bonchev–Trinajstić information content (AvgIpc) is 3.22. The zero-order valence-electron chi connectivity index (χ0n) is 21.0. The van der Waals surface area contributed by atoms with E-state index in [4.69, 9.17) is 4.74 Å². The Kier molecular flexibility index (Phi) is 7.70. The number of hydrogen-bond acceptors (Lipinski definition) is 6. The molecule has 4 rings (SSSR count). The van der Waals surface area contributed by atoms with Crippen molar-refractivity contribution in [3.8, 4) is 0 Å². The lowest BCUT2D eigenvalue weighted by molar-refractivity contribution is 0.0523. The van der Waals surface area contributed by atoms with Gasteiger partial charge in [0.2, 0.25) is 4.80 Å². The normalized spacial score (nSPS) is 12.4. The predicted octanol–water partition coefficient (Wildman–Crippen LogP) is 4.76. The molecule has 9 nitrogen and oxygen atoms in total. The summed E-state index contributed by atoms with van der Waals surface area (Å²) in [5.74, 6) is -1.36. The topological polar surface area (TPSA) is 127 Å². The summed E-state index contributed by atoms with van der Waals surface area (Å²) in [7, 11) is -4.37. The van der Waals surface area contributed by atoms with Crippen molar-refractivity contribution in [3.05, 3.63) is 93.7 Å². The fourth-order valence-electron chi connectivity index (χ4n) is 3.80. The highest BCUT2D eigenvalue weighted by atomic mass is 32.2. The Labute approximate surface area is 224 Å². The minimum atomic E-state index is -4.37. The molecular weight excluding hydrogens is 526 g/mol. The lowest BCUT2D eigenvalue weighted by atomic mass is 10.0. The second-order valence-electron chi connectivity index (χ2n) is 9.47. The van der Waals surface area contributed by atoms with Crippen molar-refractivity contribution in [1.82, 2.24) is 9.88 Å². The minimum Gasteiger partial charge on any atom is -0.478 e. The van der Waals surface area contributed by atoms with Crippen LogP contribution in [0.5, 0.6) is 0 Å². The number of carboxylic acids is 1. The van der Waals surface area contributed by atoms with E-state index in [1.54, 1.807) is 31.5 Å². The van der Waals surface area contributed by atoms with Crippen LogP contribution in [0.4, 0.5) is 4.79 Å². The largest absolute Gasteiger partial charge is 0.478 e. The Morgan fingerprint density at radius 2 is 1.71 bits per heavy atom. The number of thiazole rings is 1. The molecule has 0 atom stereocenters. The number of rotatable bonds is 7. The number of benzene rings is 3. The van der Waals surface area contributed by atoms with Crippen LogP contribution < -0.4 is 10.1 Å². The van der Waals surface area contributed by atoms with Crippen molar-refractivity contribution >= 4 is 44.2 Å². The molecule has 198 valence electrons. The Hall–Kier alpha value is -3.96. The molecule has 0 radical (unpaired) electrons. The van der Waals surface area contributed by atoms with Gasteiger partial charge in [-0.25, -0.2) is 9.59 Å². The molecule has 0 saturated carbocycles. The Morgan fingerprint density at radius 3 is 2.45 bits per heavy atom. The number of hydrogen-bond donors (Lipinski definition) is 2. The monoisotopic (exact) mass is 553 g/mol. The van der Waals surface area contributed by atoms with E-state index >= 15 is 0 Å². The lowest BCUT2D eigenvalue weighted by Crippen LogP contribution is -2.31. The molecule has 11 heteroatoms. The van der Waals surface area contributed by atoms with Gasteiger partial charge in [-0.3, -0.25) is 0 Å². The van der Waals surface area contributed by atoms with Crippen LogP contribution in [-0.2, 0) is 27.8 Å². The number of carbonyl (C=O) groups is 2. The third-order valence-electron chi connectivity index (χ3n) is 5.39. The molecule has 0 aliphatic heterocycles. The summed E-state index contributed by atoms with van der Waals surface area (Å²) < 4.78 is 37.5. The molecule has 0 unspecified atom stereocenters. The van der Waals surface area contributed by atoms with E-state index in [0.717, 1.165) is 27.7 Å². The maximum Gasteiger partial charge on any atom is 0.407 e. The van der Waals surface area contributed by atoms with E-state index in [9.17, 15) is 23.1 Å². The van der Waals surface area contributed by atoms with Gasteiger partial charge in [-0.1, -0.05) is 65.9 Å². The number of fused-ring (bicyclic) bond motifs is 1. The first-order valence-electron chi connectivity index (χ1n) is 11.7. The third kappa shape index (κ3) is 6.48. The zero-order chi connectivity index (χ0) is 27.5. The lowest BCUT2D eigenvalue weighted by Gasteiger charge is -2.19. The predicted molar refractivity (Wildman–Crippen MR) is 145 cm³/mol. The number of nitrogens with zero attached hydrogens (tertiary/aromatic N) is 2. The SMILES string of the molecule is CC(C)(C)OC(=O)NCc1cn(Cc2cccc3ccccc23)c(=NS(=O)(=O)c2ccccc2C(=O)O)s1. The molecule has 0 saturated heterocycles. The van der Waals surface area contributed by atoms with Gasteiger partial charge < -0.3 is 19.7 Å². The number of alkyl carbamates (subject to hydrolysis) is 1. The van der Waals surface area contributed by atoms with Gasteiger partial charge in [0.25, 0.3) is 10.0 Å². The van der Waals surface area contributed by atoms with Crippen LogP contribution >= 0.6 is 11.3 Å². The molecule has 0 spiro atoms. The molecule has 0 aliphatic carbocycles. The third-order valence-corrected chi connectivity index (χ3v) is 7.85. The summed E-state index contributed by atoms with van der Waals surface area (Å²) >= 11 is 1.08. The van der Waals surface area contributed by atoms with Crippen molar-refractivity contribution in [1.29, 1.82) is 0 Å². The van der Waals surface area contributed by atoms with E-state index in [0.29, 0.717) is 11.4 Å². The number of carbonyl (C=O) groups excluding carboxylic acids is 1. The van der Waals surface area contributed by atoms with E-state index in [-0.39, 0.29) is 16.9 Å². The summed E-state index contributed by atoms with van der Waals surface area (Å²) in [6.07, 6.45) is 1.12. The average molecular weight is 554 g/mol. The standard InChI is InChI=1S/C27H27N3O6S2/c1-27(2,3)36-26(33)28-15-20-17-30(16-19-11-8-10-18-9-4-5-12-21(18)19)25(37-20)29-38(34,35)23-14-7-6-13-22(23)24(31)32/h4-14,17H,15-16H2,1-3H3,(H,28,33)(H,31,32). The van der Waals surface area contributed by atoms with Crippen LogP contribution in [0, 0.1) is 0 Å². The van der Waals surface area contributed by atoms with Crippen LogP contribution in [0.25, 0.3) is 10.8 Å². The molecule has 0 bridgehead atoms. The van der Waals surface area contributed by atoms with Crippen molar-refractivity contribution in [2.75, 3.05) is 0 Å². The molecule has 38 heavy (non-hydrogen) atoms. The van der Waals surface area contributed by atoms with Crippen molar-refractivity contribution in [2.45, 2.75) is 44.4 Å². The molecule has 0 aliphatic rings. The van der Waals surface area contributed by atoms with E-state index in [1.165, 1.54) is 24.3 Å². The van der Waals surface area contributed by atoms with Crippen LogP contribution in [0.2, 0.25) is 0 Å². The first-order chi connectivity index (χ1) is 17.9. The summed E-state index contributed by atoms with van der Waals surface area (Å²) in [5, 5.41) is 14.2. The molecule has 3 aromatic carbocycles. The molecular formula is C27H27N3O6S2. The van der Waals surface area contributed by atoms with Gasteiger partial charge in [0, 0.05) is 11.1 Å². The van der Waals surface area contributed by atoms with Gasteiger partial charge in [0.15, 0.2) is 0 Å². The number of aromatic nitrogens is 1. The van der Waals surface area contributed by atoms with Crippen LogP contribution in [0.15, 0.2) is 82.2 Å². The van der Waals surface area contributed by atoms with Crippen LogP contribution in [-0.4, -0.2) is 35.8 Å².